The van der Waals surface area contributed by atoms with Crippen LogP contribution in [0.15, 0.2) is 54.1 Å². The Bertz CT molecular complexity index is 1190. The van der Waals surface area contributed by atoms with E-state index in [4.69, 9.17) is 23.2 Å². The van der Waals surface area contributed by atoms with E-state index in [9.17, 15) is 18.9 Å². The number of hydrogen-bond donors (Lipinski definition) is 3. The molecule has 0 aliphatic rings. The second-order valence-electron chi connectivity index (χ2n) is 7.16. The van der Waals surface area contributed by atoms with Gasteiger partial charge in [0, 0.05) is 36.3 Å². The lowest BCUT2D eigenvalue weighted by Gasteiger charge is -2.16. The zero-order chi connectivity index (χ0) is 24.7. The van der Waals surface area contributed by atoms with Gasteiger partial charge in [-0.15, -0.1) is 0 Å². The second-order valence-corrected chi connectivity index (χ2v) is 9.49. The van der Waals surface area contributed by atoms with E-state index in [1.807, 2.05) is 6.92 Å². The number of nitrogens with one attached hydrogen (secondary N) is 2. The lowest BCUT2D eigenvalue weighted by molar-refractivity contribution is -0.137. The van der Waals surface area contributed by atoms with Gasteiger partial charge in [0.25, 0.3) is 5.91 Å². The molecule has 0 bridgehead atoms. The molecule has 2 heterocycles. The smallest absolute Gasteiger partial charge is 0.326 e. The highest BCUT2D eigenvalue weighted by molar-refractivity contribution is 7.84. The van der Waals surface area contributed by atoms with Gasteiger partial charge in [-0.2, -0.15) is 0 Å². The molecule has 3 aromatic rings. The number of hydrogen-bond acceptors (Lipinski definition) is 7. The van der Waals surface area contributed by atoms with E-state index in [2.05, 4.69) is 25.6 Å². The maximum atomic E-state index is 12.5. The summed E-state index contributed by atoms with van der Waals surface area (Å²) in [6, 6.07) is 7.19. The van der Waals surface area contributed by atoms with Gasteiger partial charge < -0.3 is 15.7 Å². The summed E-state index contributed by atoms with van der Waals surface area (Å²) >= 11 is 12.0. The van der Waals surface area contributed by atoms with Crippen molar-refractivity contribution in [3.63, 3.8) is 0 Å². The minimum Gasteiger partial charge on any atom is -0.480 e. The van der Waals surface area contributed by atoms with Crippen molar-refractivity contribution in [2.24, 2.45) is 0 Å². The van der Waals surface area contributed by atoms with Gasteiger partial charge in [-0.25, -0.2) is 14.8 Å². The molecule has 0 fully saturated rings. The third-order valence-corrected chi connectivity index (χ3v) is 6.66. The number of carboxylic acids is 1. The van der Waals surface area contributed by atoms with Crippen molar-refractivity contribution in [2.75, 3.05) is 16.4 Å². The summed E-state index contributed by atoms with van der Waals surface area (Å²) in [6.45, 7) is 1.92. The summed E-state index contributed by atoms with van der Waals surface area (Å²) in [7, 11) is -1.27. The van der Waals surface area contributed by atoms with E-state index in [0.717, 1.165) is 6.42 Å². The number of pyridine rings is 1. The predicted molar refractivity (Wildman–Crippen MR) is 131 cm³/mol. The van der Waals surface area contributed by atoms with Gasteiger partial charge in [-0.1, -0.05) is 42.3 Å². The Balaban J connectivity index is 1.68. The molecule has 3 N–H and O–H groups in total. The van der Waals surface area contributed by atoms with Crippen molar-refractivity contribution in [3.8, 4) is 0 Å². The first kappa shape index (κ1) is 25.5. The third kappa shape index (κ3) is 6.72. The van der Waals surface area contributed by atoms with Crippen LogP contribution in [0.2, 0.25) is 10.0 Å². The Morgan fingerprint density at radius 3 is 2.41 bits per heavy atom. The maximum Gasteiger partial charge on any atom is 0.326 e. The van der Waals surface area contributed by atoms with Crippen LogP contribution >= 0.6 is 23.2 Å². The van der Waals surface area contributed by atoms with E-state index in [1.54, 1.807) is 24.3 Å². The maximum absolute atomic E-state index is 12.5. The van der Waals surface area contributed by atoms with Crippen LogP contribution in [0.3, 0.4) is 0 Å². The molecule has 0 aliphatic heterocycles. The molecule has 12 heteroatoms. The first-order chi connectivity index (χ1) is 16.3. The van der Waals surface area contributed by atoms with Gasteiger partial charge in [-0.05, 0) is 24.1 Å². The molecule has 3 rings (SSSR count). The average Bonchev–Trinajstić information content (AvgIpc) is 2.80. The molecule has 34 heavy (non-hydrogen) atoms. The highest BCUT2D eigenvalue weighted by Gasteiger charge is 2.20. The number of anilines is 2. The number of nitrogens with zero attached hydrogens (tertiary/aromatic N) is 3. The van der Waals surface area contributed by atoms with Crippen molar-refractivity contribution in [2.45, 2.75) is 30.8 Å². The van der Waals surface area contributed by atoms with E-state index in [1.165, 1.54) is 24.8 Å². The van der Waals surface area contributed by atoms with Crippen molar-refractivity contribution in [1.29, 1.82) is 0 Å². The number of halogens is 2. The number of aromatic nitrogens is 3. The Hall–Kier alpha value is -3.08. The second kappa shape index (κ2) is 11.9. The molecule has 1 amide bonds. The van der Waals surface area contributed by atoms with Crippen LogP contribution in [-0.2, 0) is 22.0 Å². The van der Waals surface area contributed by atoms with Gasteiger partial charge in [0.15, 0.2) is 0 Å². The van der Waals surface area contributed by atoms with Crippen LogP contribution in [0.25, 0.3) is 0 Å². The average molecular weight is 522 g/mol. The summed E-state index contributed by atoms with van der Waals surface area (Å²) in [5.74, 6) is -0.831. The van der Waals surface area contributed by atoms with Gasteiger partial charge in [0.1, 0.15) is 23.2 Å². The summed E-state index contributed by atoms with van der Waals surface area (Å²) in [5, 5.41) is 15.8. The fourth-order valence-electron chi connectivity index (χ4n) is 2.99. The van der Waals surface area contributed by atoms with Crippen molar-refractivity contribution < 1.29 is 18.9 Å². The van der Waals surface area contributed by atoms with Crippen molar-refractivity contribution >= 4 is 57.4 Å². The van der Waals surface area contributed by atoms with Gasteiger partial charge in [0.2, 0.25) is 0 Å². The summed E-state index contributed by atoms with van der Waals surface area (Å²) in [4.78, 5) is 36.2. The Labute approximate surface area is 208 Å². The van der Waals surface area contributed by atoms with E-state index < -0.39 is 28.7 Å². The van der Waals surface area contributed by atoms with Crippen molar-refractivity contribution in [1.82, 2.24) is 15.0 Å². The van der Waals surface area contributed by atoms with Gasteiger partial charge >= 0.3 is 5.97 Å². The lowest BCUT2D eigenvalue weighted by atomic mass is 10.1. The van der Waals surface area contributed by atoms with E-state index in [-0.39, 0.29) is 27.8 Å². The fourth-order valence-corrected chi connectivity index (χ4v) is 4.52. The Kier molecular flexibility index (Phi) is 8.91. The monoisotopic (exact) mass is 521 g/mol. The molecule has 0 aliphatic carbocycles. The topological polar surface area (TPSA) is 134 Å². The highest BCUT2D eigenvalue weighted by Crippen LogP contribution is 2.24. The highest BCUT2D eigenvalue weighted by atomic mass is 35.5. The van der Waals surface area contributed by atoms with Gasteiger partial charge in [0.05, 0.1) is 26.4 Å². The van der Waals surface area contributed by atoms with Crippen molar-refractivity contribution in [3.05, 3.63) is 70.2 Å². The first-order valence-corrected chi connectivity index (χ1v) is 12.2. The van der Waals surface area contributed by atoms with Crippen LogP contribution < -0.4 is 10.6 Å². The summed E-state index contributed by atoms with van der Waals surface area (Å²) in [5.41, 5.74) is 1.31. The van der Waals surface area contributed by atoms with Crippen LogP contribution in [0.5, 0.6) is 0 Å². The quantitative estimate of drug-likeness (QED) is 0.340. The fraction of sp³-hybridized carbons (Fsp3) is 0.227. The number of carbonyl (C=O) groups is 2. The SMILES string of the molecule is CCCS(=O)c1cc(N[C@@H](Cc2ccc(NC(=O)c3c(Cl)cncc3Cl)cc2)C(=O)O)ncn1. The normalized spacial score (nSPS) is 12.6. The zero-order valence-electron chi connectivity index (χ0n) is 18.0. The largest absolute Gasteiger partial charge is 0.480 e. The van der Waals surface area contributed by atoms with Gasteiger partial charge in [-0.3, -0.25) is 14.0 Å². The molecule has 9 nitrogen and oxygen atoms in total. The molecule has 1 aromatic carbocycles. The van der Waals surface area contributed by atoms with Crippen LogP contribution in [0.4, 0.5) is 11.5 Å². The number of carbonyl (C=O) groups excluding carboxylic acids is 1. The molecule has 178 valence electrons. The molecule has 0 saturated carbocycles. The summed E-state index contributed by atoms with van der Waals surface area (Å²) < 4.78 is 12.2. The molecule has 2 atom stereocenters. The van der Waals surface area contributed by atoms with Crippen LogP contribution in [-0.4, -0.2) is 47.9 Å². The minimum atomic E-state index is -1.27. The van der Waals surface area contributed by atoms with E-state index in [0.29, 0.717) is 22.0 Å². The molecule has 1 unspecified atom stereocenters. The molecule has 0 saturated heterocycles. The molecule has 2 aromatic heterocycles. The minimum absolute atomic E-state index is 0.113. The van der Waals surface area contributed by atoms with E-state index >= 15 is 0 Å². The number of amides is 1. The standard InChI is InChI=1S/C22H21Cl2N5O4S/c1-2-7-34(33)19-9-18(26-12-27-19)29-17(22(31)32)8-13-3-5-14(6-4-13)28-21(30)20-15(23)10-25-11-16(20)24/h3-6,9-12,17H,2,7-8H2,1H3,(H,28,30)(H,31,32)(H,26,27,29)/t17-,34?/m0/s1. The number of rotatable bonds is 10. The summed E-state index contributed by atoms with van der Waals surface area (Å²) in [6.07, 6.45) is 4.78. The Morgan fingerprint density at radius 2 is 1.79 bits per heavy atom. The van der Waals surface area contributed by atoms with Crippen LogP contribution in [0, 0.1) is 0 Å². The molecular weight excluding hydrogens is 501 g/mol. The number of aliphatic carboxylic acids is 1. The number of benzene rings is 1. The van der Waals surface area contributed by atoms with Crippen LogP contribution in [0.1, 0.15) is 29.3 Å². The molecular formula is C22H21Cl2N5O4S. The zero-order valence-corrected chi connectivity index (χ0v) is 20.3. The molecule has 0 radical (unpaired) electrons. The lowest BCUT2D eigenvalue weighted by Crippen LogP contribution is -2.32. The number of carboxylic acid groups (broad SMARTS) is 1. The third-order valence-electron chi connectivity index (χ3n) is 4.62. The molecule has 0 spiro atoms. The first-order valence-electron chi connectivity index (χ1n) is 10.2. The Morgan fingerprint density at radius 1 is 1.12 bits per heavy atom. The predicted octanol–water partition coefficient (Wildman–Crippen LogP) is 4.06.